The van der Waals surface area contributed by atoms with Gasteiger partial charge in [-0.2, -0.15) is 4.98 Å². The molecule has 156 valence electrons. The monoisotopic (exact) mass is 425 g/mol. The maximum atomic E-state index is 14.5. The lowest BCUT2D eigenvalue weighted by Gasteiger charge is -2.17. The minimum absolute atomic E-state index is 0.0451. The van der Waals surface area contributed by atoms with Gasteiger partial charge in [0.05, 0.1) is 12.1 Å². The summed E-state index contributed by atoms with van der Waals surface area (Å²) in [6.07, 6.45) is 2.59. The van der Waals surface area contributed by atoms with Crippen molar-refractivity contribution in [3.05, 3.63) is 63.7 Å². The molecule has 0 bridgehead atoms. The van der Waals surface area contributed by atoms with Crippen LogP contribution in [-0.4, -0.2) is 29.0 Å². The van der Waals surface area contributed by atoms with E-state index in [-0.39, 0.29) is 11.7 Å². The molecule has 0 aliphatic carbocycles. The molecule has 3 aromatic rings. The second kappa shape index (κ2) is 9.21. The fraction of sp³-hybridized carbons (Fsp3) is 0.318. The largest absolute Gasteiger partial charge is 0.363 e. The number of rotatable bonds is 7. The number of thiophene rings is 1. The Morgan fingerprint density at radius 1 is 1.17 bits per heavy atom. The predicted octanol–water partition coefficient (Wildman–Crippen LogP) is 4.38. The Morgan fingerprint density at radius 3 is 2.63 bits per heavy atom. The maximum Gasteiger partial charge on any atom is 0.229 e. The van der Waals surface area contributed by atoms with E-state index in [1.807, 2.05) is 41.8 Å². The van der Waals surface area contributed by atoms with E-state index in [9.17, 15) is 9.18 Å². The number of carbonyl (C=O) groups is 1. The van der Waals surface area contributed by atoms with Gasteiger partial charge in [0.25, 0.3) is 0 Å². The molecule has 8 heteroatoms. The van der Waals surface area contributed by atoms with Crippen LogP contribution in [0.15, 0.2) is 41.8 Å². The van der Waals surface area contributed by atoms with Crippen molar-refractivity contribution in [1.82, 2.24) is 9.97 Å². The third kappa shape index (κ3) is 4.94. The zero-order chi connectivity index (χ0) is 20.9. The highest BCUT2D eigenvalue weighted by atomic mass is 32.1. The number of amides is 1. The van der Waals surface area contributed by atoms with Crippen LogP contribution in [-0.2, 0) is 17.8 Å². The lowest BCUT2D eigenvalue weighted by molar-refractivity contribution is -0.115. The molecule has 0 saturated carbocycles. The van der Waals surface area contributed by atoms with E-state index in [1.165, 1.54) is 0 Å². The molecule has 4 rings (SSSR count). The summed E-state index contributed by atoms with van der Waals surface area (Å²) in [6, 6.07) is 11.4. The molecule has 0 unspecified atom stereocenters. The van der Waals surface area contributed by atoms with E-state index < -0.39 is 5.82 Å². The first kappa shape index (κ1) is 20.3. The quantitative estimate of drug-likeness (QED) is 0.588. The standard InChI is InChI=1S/C22H24FN5OS/c1-15-20(23)21(27-22(25-15)28-10-2-3-11-28)24-14-16-6-8-17(9-7-16)26-19(29)13-18-5-4-12-30-18/h4-9,12H,2-3,10-11,13-14H2,1H3,(H,26,29)(H,24,25,27). The summed E-state index contributed by atoms with van der Waals surface area (Å²) >= 11 is 1.57. The van der Waals surface area contributed by atoms with E-state index in [4.69, 9.17) is 0 Å². The van der Waals surface area contributed by atoms with E-state index >= 15 is 0 Å². The first-order chi connectivity index (χ1) is 14.6. The highest BCUT2D eigenvalue weighted by molar-refractivity contribution is 7.10. The van der Waals surface area contributed by atoms with E-state index in [0.717, 1.165) is 42.1 Å². The van der Waals surface area contributed by atoms with Crippen molar-refractivity contribution in [3.8, 4) is 0 Å². The summed E-state index contributed by atoms with van der Waals surface area (Å²) in [5.74, 6) is 0.335. The van der Waals surface area contributed by atoms with Gasteiger partial charge in [-0.25, -0.2) is 9.37 Å². The summed E-state index contributed by atoms with van der Waals surface area (Å²) < 4.78 is 14.5. The van der Waals surface area contributed by atoms with Crippen LogP contribution in [0.3, 0.4) is 0 Å². The van der Waals surface area contributed by atoms with Crippen LogP contribution in [0.25, 0.3) is 0 Å². The Balaban J connectivity index is 1.36. The van der Waals surface area contributed by atoms with Crippen LogP contribution in [0.1, 0.15) is 29.0 Å². The number of nitrogens with one attached hydrogen (secondary N) is 2. The fourth-order valence-electron chi connectivity index (χ4n) is 3.39. The summed E-state index contributed by atoms with van der Waals surface area (Å²) in [4.78, 5) is 23.9. The smallest absolute Gasteiger partial charge is 0.229 e. The number of halogens is 1. The van der Waals surface area contributed by atoms with Gasteiger partial charge in [0.15, 0.2) is 11.6 Å². The zero-order valence-electron chi connectivity index (χ0n) is 16.8. The number of aromatic nitrogens is 2. The summed E-state index contributed by atoms with van der Waals surface area (Å²) in [5.41, 5.74) is 2.04. The Kier molecular flexibility index (Phi) is 6.23. The summed E-state index contributed by atoms with van der Waals surface area (Å²) in [5, 5.41) is 7.94. The van der Waals surface area contributed by atoms with Gasteiger partial charge in [0, 0.05) is 30.2 Å². The maximum absolute atomic E-state index is 14.5. The topological polar surface area (TPSA) is 70.2 Å². The Morgan fingerprint density at radius 2 is 1.93 bits per heavy atom. The highest BCUT2D eigenvalue weighted by Gasteiger charge is 2.19. The van der Waals surface area contributed by atoms with Crippen LogP contribution >= 0.6 is 11.3 Å². The molecule has 6 nitrogen and oxygen atoms in total. The number of hydrogen-bond acceptors (Lipinski definition) is 6. The molecule has 1 aliphatic heterocycles. The van der Waals surface area contributed by atoms with Crippen molar-refractivity contribution < 1.29 is 9.18 Å². The molecule has 2 aromatic heterocycles. The molecule has 1 aromatic carbocycles. The Hall–Kier alpha value is -3.00. The van der Waals surface area contributed by atoms with Gasteiger partial charge in [-0.15, -0.1) is 11.3 Å². The molecule has 1 aliphatic rings. The second-order valence-corrected chi connectivity index (χ2v) is 8.35. The molecule has 3 heterocycles. The molecule has 0 radical (unpaired) electrons. The van der Waals surface area contributed by atoms with Gasteiger partial charge in [0.1, 0.15) is 0 Å². The minimum atomic E-state index is -0.421. The van der Waals surface area contributed by atoms with Gasteiger partial charge >= 0.3 is 0 Å². The first-order valence-electron chi connectivity index (χ1n) is 10.0. The van der Waals surface area contributed by atoms with Crippen LogP contribution in [0, 0.1) is 12.7 Å². The molecule has 2 N–H and O–H groups in total. The van der Waals surface area contributed by atoms with Crippen LogP contribution in [0.2, 0.25) is 0 Å². The van der Waals surface area contributed by atoms with E-state index in [1.54, 1.807) is 18.3 Å². The Bertz CT molecular complexity index is 1000. The molecule has 1 saturated heterocycles. The number of benzene rings is 1. The summed E-state index contributed by atoms with van der Waals surface area (Å²) in [6.45, 7) is 3.90. The molecule has 1 fully saturated rings. The van der Waals surface area contributed by atoms with E-state index in [2.05, 4.69) is 25.5 Å². The average Bonchev–Trinajstić information content (AvgIpc) is 3.44. The first-order valence-corrected chi connectivity index (χ1v) is 10.9. The lowest BCUT2D eigenvalue weighted by Crippen LogP contribution is -2.22. The van der Waals surface area contributed by atoms with Gasteiger partial charge in [0.2, 0.25) is 11.9 Å². The number of hydrogen-bond donors (Lipinski definition) is 2. The molecular formula is C22H24FN5OS. The third-order valence-electron chi connectivity index (χ3n) is 5.01. The molecule has 1 amide bonds. The minimum Gasteiger partial charge on any atom is -0.363 e. The molecule has 30 heavy (non-hydrogen) atoms. The number of nitrogens with zero attached hydrogens (tertiary/aromatic N) is 3. The van der Waals surface area contributed by atoms with Gasteiger partial charge in [-0.1, -0.05) is 18.2 Å². The van der Waals surface area contributed by atoms with Crippen molar-refractivity contribution in [1.29, 1.82) is 0 Å². The number of anilines is 3. The van der Waals surface area contributed by atoms with Crippen molar-refractivity contribution in [2.45, 2.75) is 32.7 Å². The highest BCUT2D eigenvalue weighted by Crippen LogP contribution is 2.22. The second-order valence-electron chi connectivity index (χ2n) is 7.32. The van der Waals surface area contributed by atoms with Crippen LogP contribution in [0.4, 0.5) is 21.8 Å². The molecule has 0 atom stereocenters. The van der Waals surface area contributed by atoms with E-state index in [0.29, 0.717) is 24.6 Å². The van der Waals surface area contributed by atoms with Crippen molar-refractivity contribution in [2.75, 3.05) is 28.6 Å². The third-order valence-corrected chi connectivity index (χ3v) is 5.88. The Labute approximate surface area is 179 Å². The SMILES string of the molecule is Cc1nc(N2CCCC2)nc(NCc2ccc(NC(=O)Cc3cccs3)cc2)c1F. The van der Waals surface area contributed by atoms with Gasteiger partial charge in [-0.05, 0) is 48.9 Å². The number of carbonyl (C=O) groups excluding carboxylic acids is 1. The van der Waals surface area contributed by atoms with Crippen molar-refractivity contribution in [3.63, 3.8) is 0 Å². The van der Waals surface area contributed by atoms with Gasteiger partial charge in [-0.3, -0.25) is 4.79 Å². The van der Waals surface area contributed by atoms with Gasteiger partial charge < -0.3 is 15.5 Å². The predicted molar refractivity (Wildman–Crippen MR) is 119 cm³/mol. The fourth-order valence-corrected chi connectivity index (χ4v) is 4.09. The summed E-state index contributed by atoms with van der Waals surface area (Å²) in [7, 11) is 0. The van der Waals surface area contributed by atoms with Crippen LogP contribution in [0.5, 0.6) is 0 Å². The molecular weight excluding hydrogens is 401 g/mol. The van der Waals surface area contributed by atoms with Crippen molar-refractivity contribution >= 4 is 34.7 Å². The average molecular weight is 426 g/mol. The normalized spacial score (nSPS) is 13.5. The molecule has 0 spiro atoms. The van der Waals surface area contributed by atoms with Crippen LogP contribution < -0.4 is 15.5 Å². The zero-order valence-corrected chi connectivity index (χ0v) is 17.6. The lowest BCUT2D eigenvalue weighted by atomic mass is 10.2. The van der Waals surface area contributed by atoms with Crippen molar-refractivity contribution in [2.24, 2.45) is 0 Å². The number of aryl methyl sites for hydroxylation is 1.